The van der Waals surface area contributed by atoms with Crippen LogP contribution in [0.2, 0.25) is 0 Å². The number of likely N-dealkylation sites (tertiary alicyclic amines) is 1. The molecule has 1 aliphatic carbocycles. The Morgan fingerprint density at radius 3 is 2.55 bits per heavy atom. The Balaban J connectivity index is 1.40. The third kappa shape index (κ3) is 5.10. The van der Waals surface area contributed by atoms with Crippen LogP contribution >= 0.6 is 0 Å². The maximum Gasteiger partial charge on any atom is 0.260 e. The molecule has 1 aromatic carbocycles. The van der Waals surface area contributed by atoms with Crippen molar-refractivity contribution in [2.75, 3.05) is 36.1 Å². The van der Waals surface area contributed by atoms with E-state index in [9.17, 15) is 13.2 Å². The maximum absolute atomic E-state index is 14.1. The van der Waals surface area contributed by atoms with E-state index in [0.717, 1.165) is 49.3 Å². The fourth-order valence-corrected chi connectivity index (χ4v) is 8.31. The molecule has 0 bridgehead atoms. The molecule has 0 unspecified atom stereocenters. The number of pyridine rings is 1. The summed E-state index contributed by atoms with van der Waals surface area (Å²) in [6.07, 6.45) is 7.12. The number of sulfone groups is 1. The van der Waals surface area contributed by atoms with Crippen molar-refractivity contribution in [2.45, 2.75) is 69.9 Å². The maximum atomic E-state index is 14.1. The van der Waals surface area contributed by atoms with Crippen LogP contribution in [0.3, 0.4) is 0 Å². The largest absolute Gasteiger partial charge is 0.370 e. The molecule has 0 spiro atoms. The highest BCUT2D eigenvalue weighted by molar-refractivity contribution is 7.90. The summed E-state index contributed by atoms with van der Waals surface area (Å²) >= 11 is 0. The van der Waals surface area contributed by atoms with Crippen molar-refractivity contribution in [3.63, 3.8) is 0 Å². The van der Waals surface area contributed by atoms with Crippen LogP contribution in [0.15, 0.2) is 35.5 Å². The lowest BCUT2D eigenvalue weighted by Crippen LogP contribution is -2.43. The smallest absolute Gasteiger partial charge is 0.260 e. The van der Waals surface area contributed by atoms with E-state index in [4.69, 9.17) is 4.98 Å². The number of fused-ring (bicyclic) bond motifs is 1. The molecule has 42 heavy (non-hydrogen) atoms. The minimum Gasteiger partial charge on any atom is -0.370 e. The summed E-state index contributed by atoms with van der Waals surface area (Å²) in [5, 5.41) is 12.0. The fraction of sp³-hybridized carbons (Fsp3) is 0.548. The SMILES string of the molecule is CCNc1cc([C@]2(c3nncn3C)C[C@@H](C)C2)cc(N2Cc3c(cc(CN4CCC[C@H](C)C4)cc3S(C)(=O)=O)C2=O)n1. The van der Waals surface area contributed by atoms with Gasteiger partial charge in [-0.25, -0.2) is 13.4 Å². The van der Waals surface area contributed by atoms with Crippen molar-refractivity contribution in [1.82, 2.24) is 24.6 Å². The van der Waals surface area contributed by atoms with E-state index in [1.165, 1.54) is 12.7 Å². The summed E-state index contributed by atoms with van der Waals surface area (Å²) in [7, 11) is -1.60. The normalized spacial score (nSPS) is 24.5. The second-order valence-electron chi connectivity index (χ2n) is 12.8. The van der Waals surface area contributed by atoms with Gasteiger partial charge >= 0.3 is 0 Å². The Morgan fingerprint density at radius 1 is 1.12 bits per heavy atom. The number of anilines is 2. The quantitative estimate of drug-likeness (QED) is 0.416. The molecule has 6 rings (SSSR count). The number of rotatable bonds is 8. The first-order valence-electron chi connectivity index (χ1n) is 15.0. The van der Waals surface area contributed by atoms with Crippen molar-refractivity contribution in [1.29, 1.82) is 0 Å². The van der Waals surface area contributed by atoms with Gasteiger partial charge in [0.15, 0.2) is 9.84 Å². The van der Waals surface area contributed by atoms with Crippen LogP contribution in [-0.2, 0) is 35.4 Å². The Kier molecular flexibility index (Phi) is 7.37. The average Bonchev–Trinajstić information content (AvgIpc) is 3.49. The second-order valence-corrected chi connectivity index (χ2v) is 14.7. The van der Waals surface area contributed by atoms with Crippen LogP contribution in [0, 0.1) is 11.8 Å². The topological polar surface area (TPSA) is 113 Å². The Bertz CT molecular complexity index is 1630. The number of nitrogens with zero attached hydrogens (tertiary/aromatic N) is 6. The van der Waals surface area contributed by atoms with Gasteiger partial charge in [-0.1, -0.05) is 13.8 Å². The van der Waals surface area contributed by atoms with Gasteiger partial charge in [-0.2, -0.15) is 0 Å². The number of hydrogen-bond donors (Lipinski definition) is 1. The minimum atomic E-state index is -3.56. The Labute approximate surface area is 248 Å². The highest BCUT2D eigenvalue weighted by Crippen LogP contribution is 2.52. The van der Waals surface area contributed by atoms with Crippen LogP contribution < -0.4 is 10.2 Å². The van der Waals surface area contributed by atoms with Crippen molar-refractivity contribution in [2.24, 2.45) is 18.9 Å². The number of piperidine rings is 1. The van der Waals surface area contributed by atoms with Crippen molar-refractivity contribution >= 4 is 27.4 Å². The van der Waals surface area contributed by atoms with Gasteiger partial charge in [-0.05, 0) is 86.4 Å². The first kappa shape index (κ1) is 28.8. The van der Waals surface area contributed by atoms with Gasteiger partial charge in [-0.3, -0.25) is 14.6 Å². The summed E-state index contributed by atoms with van der Waals surface area (Å²) in [6, 6.07) is 7.72. The molecule has 1 amide bonds. The lowest BCUT2D eigenvalue weighted by Gasteiger charge is -2.46. The number of aryl methyl sites for hydroxylation is 1. The Morgan fingerprint density at radius 2 is 1.90 bits per heavy atom. The monoisotopic (exact) mass is 591 g/mol. The molecule has 1 saturated heterocycles. The zero-order chi connectivity index (χ0) is 29.8. The van der Waals surface area contributed by atoms with Gasteiger partial charge in [0.1, 0.15) is 23.8 Å². The van der Waals surface area contributed by atoms with E-state index in [1.54, 1.807) is 17.3 Å². The van der Waals surface area contributed by atoms with E-state index >= 15 is 0 Å². The van der Waals surface area contributed by atoms with Crippen LogP contribution in [0.4, 0.5) is 11.6 Å². The van der Waals surface area contributed by atoms with Crippen LogP contribution in [-0.4, -0.2) is 64.9 Å². The summed E-state index contributed by atoms with van der Waals surface area (Å²) in [5.41, 5.74) is 2.56. The highest BCUT2D eigenvalue weighted by atomic mass is 32.2. The molecule has 224 valence electrons. The molecule has 1 atom stereocenters. The third-order valence-electron chi connectivity index (χ3n) is 9.14. The van der Waals surface area contributed by atoms with Gasteiger partial charge in [0.05, 0.1) is 16.9 Å². The first-order chi connectivity index (χ1) is 20.0. The molecular formula is C31H41N7O3S. The van der Waals surface area contributed by atoms with E-state index < -0.39 is 9.84 Å². The summed E-state index contributed by atoms with van der Waals surface area (Å²) in [6.45, 7) is 9.91. The van der Waals surface area contributed by atoms with Gasteiger partial charge in [0.25, 0.3) is 5.91 Å². The number of nitrogens with one attached hydrogen (secondary N) is 1. The van der Waals surface area contributed by atoms with Gasteiger partial charge in [0, 0.05) is 44.1 Å². The number of carbonyl (C=O) groups excluding carboxylic acids is 1. The lowest BCUT2D eigenvalue weighted by molar-refractivity contribution is 0.0995. The number of carbonyl (C=O) groups is 1. The molecule has 11 heteroatoms. The first-order valence-corrected chi connectivity index (χ1v) is 16.9. The molecule has 4 heterocycles. The number of hydrogen-bond acceptors (Lipinski definition) is 8. The van der Waals surface area contributed by atoms with Gasteiger partial charge in [0.2, 0.25) is 0 Å². The summed E-state index contributed by atoms with van der Waals surface area (Å²) in [5.74, 6) is 3.00. The zero-order valence-electron chi connectivity index (χ0n) is 25.2. The van der Waals surface area contributed by atoms with Crippen LogP contribution in [0.5, 0.6) is 0 Å². The van der Waals surface area contributed by atoms with Crippen LogP contribution in [0.1, 0.15) is 79.3 Å². The standard InChI is InChI=1S/C31H41N7O3S/c1-6-32-27-12-23(31(14-21(3)15-31)30-35-33-19-36(30)4)13-28(34-27)38-18-25-24(29(38)39)10-22(11-26(25)42(5,40)41)17-37-9-7-8-20(2)16-37/h10-13,19-21H,6-9,14-18H2,1-5H3,(H,32,34)/t20-,21-,31+/m0/s1. The highest BCUT2D eigenvalue weighted by Gasteiger charge is 2.49. The van der Waals surface area contributed by atoms with Gasteiger partial charge < -0.3 is 9.88 Å². The van der Waals surface area contributed by atoms with E-state index in [-0.39, 0.29) is 22.8 Å². The molecule has 2 fully saturated rings. The molecule has 3 aromatic rings. The van der Waals surface area contributed by atoms with Crippen molar-refractivity contribution < 1.29 is 13.2 Å². The molecule has 10 nitrogen and oxygen atoms in total. The van der Waals surface area contributed by atoms with E-state index in [1.807, 2.05) is 30.7 Å². The summed E-state index contributed by atoms with van der Waals surface area (Å²) in [4.78, 5) is 23.1. The van der Waals surface area contributed by atoms with Crippen molar-refractivity contribution in [3.8, 4) is 0 Å². The Hall–Kier alpha value is -3.31. The van der Waals surface area contributed by atoms with Crippen molar-refractivity contribution in [3.05, 3.63) is 58.7 Å². The lowest BCUT2D eigenvalue weighted by atomic mass is 9.58. The molecule has 3 aliphatic rings. The molecular weight excluding hydrogens is 550 g/mol. The molecule has 1 saturated carbocycles. The number of aromatic nitrogens is 4. The number of amides is 1. The molecule has 0 radical (unpaired) electrons. The van der Waals surface area contributed by atoms with Gasteiger partial charge in [-0.15, -0.1) is 10.2 Å². The molecule has 2 aromatic heterocycles. The summed E-state index contributed by atoms with van der Waals surface area (Å²) < 4.78 is 28.0. The van der Waals surface area contributed by atoms with E-state index in [2.05, 4.69) is 40.3 Å². The average molecular weight is 592 g/mol. The predicted molar refractivity (Wildman–Crippen MR) is 162 cm³/mol. The predicted octanol–water partition coefficient (Wildman–Crippen LogP) is 4.15. The van der Waals surface area contributed by atoms with Crippen LogP contribution in [0.25, 0.3) is 0 Å². The van der Waals surface area contributed by atoms with E-state index in [0.29, 0.717) is 47.7 Å². The zero-order valence-corrected chi connectivity index (χ0v) is 26.0. The molecule has 1 N–H and O–H groups in total. The second kappa shape index (κ2) is 10.8. The molecule has 2 aliphatic heterocycles. The number of benzene rings is 1. The minimum absolute atomic E-state index is 0.160. The third-order valence-corrected chi connectivity index (χ3v) is 10.3. The fourth-order valence-electron chi connectivity index (χ4n) is 7.32.